The number of pyridine rings is 1. The molecular formula is C31H35F3N6O4. The summed E-state index contributed by atoms with van der Waals surface area (Å²) in [5, 5.41) is 18.3. The minimum Gasteiger partial charge on any atom is -0.478 e. The van der Waals surface area contributed by atoms with Gasteiger partial charge in [-0.15, -0.1) is 10.2 Å². The van der Waals surface area contributed by atoms with Crippen LogP contribution < -0.4 is 9.64 Å². The molecule has 0 atom stereocenters. The molecule has 3 aromatic rings. The summed E-state index contributed by atoms with van der Waals surface area (Å²) < 4.78 is 51.0. The number of amides is 2. The second kappa shape index (κ2) is 10.5. The van der Waals surface area contributed by atoms with E-state index in [9.17, 15) is 27.9 Å². The van der Waals surface area contributed by atoms with Crippen molar-refractivity contribution in [1.82, 2.24) is 24.6 Å². The van der Waals surface area contributed by atoms with Gasteiger partial charge in [0.25, 0.3) is 5.91 Å². The third kappa shape index (κ3) is 4.86. The van der Waals surface area contributed by atoms with E-state index in [0.717, 1.165) is 36.7 Å². The second-order valence-electron chi connectivity index (χ2n) is 12.6. The second-order valence-corrected chi connectivity index (χ2v) is 12.6. The number of aryl methyl sites for hydroxylation is 1. The smallest absolute Gasteiger partial charge is 0.416 e. The van der Waals surface area contributed by atoms with Crippen molar-refractivity contribution in [3.63, 3.8) is 0 Å². The number of carbonyl (C=O) groups is 2. The lowest BCUT2D eigenvalue weighted by Crippen LogP contribution is -2.53. The van der Waals surface area contributed by atoms with E-state index in [-0.39, 0.29) is 41.5 Å². The fraction of sp³-hybridized carbons (Fsp3) is 0.516. The number of nitrogens with zero attached hydrogens (tertiary/aromatic N) is 6. The molecule has 1 aromatic carbocycles. The van der Waals surface area contributed by atoms with Crippen LogP contribution in [0.5, 0.6) is 5.88 Å². The lowest BCUT2D eigenvalue weighted by atomic mass is 9.58. The van der Waals surface area contributed by atoms with Crippen LogP contribution in [0.3, 0.4) is 0 Å². The molecule has 0 bridgehead atoms. The van der Waals surface area contributed by atoms with Crippen molar-refractivity contribution in [3.8, 4) is 5.88 Å². The van der Waals surface area contributed by atoms with Gasteiger partial charge in [0, 0.05) is 30.8 Å². The molecular weight excluding hydrogens is 577 g/mol. The van der Waals surface area contributed by atoms with E-state index in [2.05, 4.69) is 22.1 Å². The molecule has 3 heterocycles. The third-order valence-corrected chi connectivity index (χ3v) is 9.50. The van der Waals surface area contributed by atoms with Crippen LogP contribution in [0.2, 0.25) is 0 Å². The molecule has 13 heteroatoms. The van der Waals surface area contributed by atoms with E-state index in [0.29, 0.717) is 25.4 Å². The summed E-state index contributed by atoms with van der Waals surface area (Å²) in [7, 11) is 1.86. The van der Waals surface area contributed by atoms with Crippen LogP contribution in [0.1, 0.15) is 91.3 Å². The molecule has 0 saturated heterocycles. The Morgan fingerprint density at radius 1 is 1.20 bits per heavy atom. The Bertz CT molecular complexity index is 1630. The molecule has 2 aliphatic carbocycles. The summed E-state index contributed by atoms with van der Waals surface area (Å²) in [4.78, 5) is 33.0. The van der Waals surface area contributed by atoms with Gasteiger partial charge in [0.15, 0.2) is 0 Å². The molecule has 2 fully saturated rings. The van der Waals surface area contributed by atoms with Crippen LogP contribution in [0.25, 0.3) is 0 Å². The number of hydrogen-bond acceptors (Lipinski definition) is 6. The van der Waals surface area contributed by atoms with Crippen molar-refractivity contribution >= 4 is 17.8 Å². The molecule has 2 saturated carbocycles. The van der Waals surface area contributed by atoms with E-state index in [1.54, 1.807) is 26.2 Å². The highest BCUT2D eigenvalue weighted by Crippen LogP contribution is 2.52. The number of anilines is 1. The van der Waals surface area contributed by atoms with Crippen molar-refractivity contribution < 1.29 is 32.6 Å². The number of ether oxygens (including phenoxy) is 1. The molecule has 44 heavy (non-hydrogen) atoms. The molecule has 3 aliphatic rings. The molecule has 1 aliphatic heterocycles. The molecule has 1 N–H and O–H groups in total. The number of benzene rings is 1. The molecule has 6 rings (SSSR count). The fourth-order valence-electron chi connectivity index (χ4n) is 7.15. The van der Waals surface area contributed by atoms with Gasteiger partial charge in [-0.1, -0.05) is 6.92 Å². The summed E-state index contributed by atoms with van der Waals surface area (Å²) in [6, 6.07) is 5.92. The van der Waals surface area contributed by atoms with E-state index in [1.165, 1.54) is 15.9 Å². The molecule has 234 valence electrons. The standard InChI is InChI=1S/C31H35F3N6O4/c1-5-44-25-12-20(30(13-18(2)14-30)27-37-35-17-38(27)4)11-24(36-25)39-16-22-21(26(39)41)9-19(10-23(22)31(32,33)34)15-40(28(42)43)29(3)7-6-8-29/h9-12,17-18H,5-8,13-16H2,1-4H3,(H,42,43). The minimum atomic E-state index is -4.76. The topological polar surface area (TPSA) is 114 Å². The maximum atomic E-state index is 14.4. The van der Waals surface area contributed by atoms with Crippen molar-refractivity contribution in [2.24, 2.45) is 13.0 Å². The number of fused-ring (bicyclic) bond motifs is 1. The SMILES string of the molecule is CCOc1cc(C2(c3nncn3C)CC(C)C2)cc(N2Cc3c(cc(CN(C(=O)O)C4(C)CCC4)cc3C(F)(F)F)C2=O)n1. The van der Waals surface area contributed by atoms with Gasteiger partial charge in [0.1, 0.15) is 18.0 Å². The third-order valence-electron chi connectivity index (χ3n) is 9.50. The summed E-state index contributed by atoms with van der Waals surface area (Å²) in [5.74, 6) is 0.950. The number of carbonyl (C=O) groups excluding carboxylic acids is 1. The van der Waals surface area contributed by atoms with E-state index < -0.39 is 34.7 Å². The van der Waals surface area contributed by atoms with E-state index in [1.807, 2.05) is 17.7 Å². The molecule has 0 radical (unpaired) electrons. The van der Waals surface area contributed by atoms with Gasteiger partial charge in [-0.2, -0.15) is 18.2 Å². The maximum absolute atomic E-state index is 14.4. The van der Waals surface area contributed by atoms with Crippen LogP contribution in [0, 0.1) is 5.92 Å². The maximum Gasteiger partial charge on any atom is 0.416 e. The van der Waals surface area contributed by atoms with Gasteiger partial charge in [-0.3, -0.25) is 14.6 Å². The van der Waals surface area contributed by atoms with Gasteiger partial charge < -0.3 is 14.4 Å². The Morgan fingerprint density at radius 3 is 2.48 bits per heavy atom. The van der Waals surface area contributed by atoms with Crippen molar-refractivity contribution in [3.05, 3.63) is 64.2 Å². The summed E-state index contributed by atoms with van der Waals surface area (Å²) >= 11 is 0. The van der Waals surface area contributed by atoms with E-state index in [4.69, 9.17) is 4.74 Å². The largest absolute Gasteiger partial charge is 0.478 e. The number of hydrogen-bond donors (Lipinski definition) is 1. The van der Waals surface area contributed by atoms with Gasteiger partial charge in [-0.05, 0) is 86.8 Å². The minimum absolute atomic E-state index is 0.107. The highest BCUT2D eigenvalue weighted by Gasteiger charge is 2.49. The zero-order chi connectivity index (χ0) is 31.6. The monoisotopic (exact) mass is 612 g/mol. The van der Waals surface area contributed by atoms with Crippen molar-refractivity contribution in [1.29, 1.82) is 0 Å². The molecule has 10 nitrogen and oxygen atoms in total. The first-order valence-corrected chi connectivity index (χ1v) is 14.8. The van der Waals surface area contributed by atoms with Gasteiger partial charge >= 0.3 is 12.3 Å². The van der Waals surface area contributed by atoms with Crippen LogP contribution >= 0.6 is 0 Å². The Kier molecular flexibility index (Phi) is 7.12. The summed E-state index contributed by atoms with van der Waals surface area (Å²) in [5.41, 5.74) is -1.48. The van der Waals surface area contributed by atoms with Gasteiger partial charge in [-0.25, -0.2) is 4.79 Å². The molecule has 0 spiro atoms. The van der Waals surface area contributed by atoms with Crippen LogP contribution in [-0.2, 0) is 31.7 Å². The van der Waals surface area contributed by atoms with Crippen LogP contribution in [0.4, 0.5) is 23.8 Å². The number of rotatable bonds is 8. The molecule has 0 unspecified atom stereocenters. The first-order chi connectivity index (χ1) is 20.8. The number of halogens is 3. The highest BCUT2D eigenvalue weighted by molar-refractivity contribution is 6.10. The van der Waals surface area contributed by atoms with Crippen molar-refractivity contribution in [2.45, 2.75) is 83.1 Å². The molecule has 2 amide bonds. The normalized spacial score (nSPS) is 22.3. The van der Waals surface area contributed by atoms with Crippen molar-refractivity contribution in [2.75, 3.05) is 11.5 Å². The Hall–Kier alpha value is -4.16. The van der Waals surface area contributed by atoms with Gasteiger partial charge in [0.2, 0.25) is 5.88 Å². The first-order valence-electron chi connectivity index (χ1n) is 14.8. The number of carboxylic acid groups (broad SMARTS) is 1. The lowest BCUT2D eigenvalue weighted by Gasteiger charge is -2.46. The number of aromatic nitrogens is 4. The Labute approximate surface area is 252 Å². The summed E-state index contributed by atoms with van der Waals surface area (Å²) in [6.45, 7) is 5.44. The quantitative estimate of drug-likeness (QED) is 0.336. The predicted molar refractivity (Wildman–Crippen MR) is 153 cm³/mol. The summed E-state index contributed by atoms with van der Waals surface area (Å²) in [6.07, 6.45) is -0.706. The average Bonchev–Trinajstić information content (AvgIpc) is 3.50. The average molecular weight is 613 g/mol. The van der Waals surface area contributed by atoms with Gasteiger partial charge in [0.05, 0.1) is 24.1 Å². The van der Waals surface area contributed by atoms with Crippen LogP contribution in [-0.4, -0.2) is 53.9 Å². The first kappa shape index (κ1) is 29.9. The van der Waals surface area contributed by atoms with E-state index >= 15 is 0 Å². The van der Waals surface area contributed by atoms with Crippen LogP contribution in [0.15, 0.2) is 30.6 Å². The zero-order valence-electron chi connectivity index (χ0n) is 25.1. The fourth-order valence-corrected chi connectivity index (χ4v) is 7.15. The molecule has 2 aromatic heterocycles. The number of alkyl halides is 3. The Morgan fingerprint density at radius 2 is 1.93 bits per heavy atom. The lowest BCUT2D eigenvalue weighted by molar-refractivity contribution is -0.138. The Balaban J connectivity index is 1.41. The highest BCUT2D eigenvalue weighted by atomic mass is 19.4. The zero-order valence-corrected chi connectivity index (χ0v) is 25.1. The predicted octanol–water partition coefficient (Wildman–Crippen LogP) is 5.93.